The van der Waals surface area contributed by atoms with E-state index in [0.29, 0.717) is 11.1 Å². The summed E-state index contributed by atoms with van der Waals surface area (Å²) < 4.78 is 66.0. The molecular formula is C21H23F3N2O2S2. The number of alkyl halides is 3. The van der Waals surface area contributed by atoms with Crippen LogP contribution in [0.1, 0.15) is 61.3 Å². The van der Waals surface area contributed by atoms with Crippen LogP contribution in [0.3, 0.4) is 0 Å². The molecule has 0 fully saturated rings. The quantitative estimate of drug-likeness (QED) is 0.546. The first kappa shape index (κ1) is 24.3. The van der Waals surface area contributed by atoms with Gasteiger partial charge in [0.15, 0.2) is 9.84 Å². The van der Waals surface area contributed by atoms with Gasteiger partial charge in [0.1, 0.15) is 0 Å². The minimum Gasteiger partial charge on any atom is -0.274 e. The van der Waals surface area contributed by atoms with Crippen molar-refractivity contribution in [2.45, 2.75) is 55.0 Å². The number of rotatable bonds is 7. The van der Waals surface area contributed by atoms with E-state index >= 15 is 0 Å². The Bertz CT molecular complexity index is 1060. The molecule has 0 aliphatic heterocycles. The van der Waals surface area contributed by atoms with Gasteiger partial charge in [0.2, 0.25) is 0 Å². The Morgan fingerprint density at radius 1 is 1.10 bits per heavy atom. The Balaban J connectivity index is 2.29. The van der Waals surface area contributed by atoms with E-state index in [1.807, 2.05) is 19.9 Å². The van der Waals surface area contributed by atoms with E-state index in [4.69, 9.17) is 5.14 Å². The highest BCUT2D eigenvalue weighted by molar-refractivity contribution is 7.97. The summed E-state index contributed by atoms with van der Waals surface area (Å²) in [6, 6.07) is 10.2. The van der Waals surface area contributed by atoms with Crippen LogP contribution in [0.15, 0.2) is 46.2 Å². The van der Waals surface area contributed by atoms with Gasteiger partial charge in [-0.2, -0.15) is 18.4 Å². The zero-order chi connectivity index (χ0) is 22.7. The molecule has 2 rings (SSSR count). The van der Waals surface area contributed by atoms with Crippen LogP contribution in [-0.4, -0.2) is 14.2 Å². The second kappa shape index (κ2) is 9.41. The van der Waals surface area contributed by atoms with Gasteiger partial charge >= 0.3 is 6.18 Å². The highest BCUT2D eigenvalue weighted by atomic mass is 32.2. The fourth-order valence-corrected chi connectivity index (χ4v) is 5.02. The summed E-state index contributed by atoms with van der Waals surface area (Å²) in [6.45, 7) is 5.29. The molecule has 2 aromatic carbocycles. The first-order valence-corrected chi connectivity index (χ1v) is 11.8. The monoisotopic (exact) mass is 456 g/mol. The maximum absolute atomic E-state index is 13.5. The van der Waals surface area contributed by atoms with Crippen molar-refractivity contribution in [2.24, 2.45) is 5.14 Å². The topological polar surface area (TPSA) is 83.9 Å². The van der Waals surface area contributed by atoms with Crippen LogP contribution in [-0.2, 0) is 16.0 Å². The molecule has 2 N–H and O–H groups in total. The van der Waals surface area contributed by atoms with E-state index in [2.05, 4.69) is 0 Å². The molecule has 0 spiro atoms. The number of hydrogen-bond acceptors (Lipinski definition) is 5. The van der Waals surface area contributed by atoms with Gasteiger partial charge in [0.05, 0.1) is 27.8 Å². The summed E-state index contributed by atoms with van der Waals surface area (Å²) in [5.41, 5.74) is 0.271. The van der Waals surface area contributed by atoms with E-state index in [0.717, 1.165) is 18.0 Å². The van der Waals surface area contributed by atoms with Crippen LogP contribution in [0.25, 0.3) is 0 Å². The van der Waals surface area contributed by atoms with Crippen molar-refractivity contribution in [3.8, 4) is 6.07 Å². The van der Waals surface area contributed by atoms with Gasteiger partial charge in [-0.1, -0.05) is 26.8 Å². The van der Waals surface area contributed by atoms with E-state index < -0.39 is 27.5 Å². The lowest BCUT2D eigenvalue weighted by Gasteiger charge is -2.19. The average Bonchev–Trinajstić information content (AvgIpc) is 2.70. The Morgan fingerprint density at radius 3 is 2.30 bits per heavy atom. The highest BCUT2D eigenvalue weighted by Gasteiger charge is 2.35. The Kier molecular flexibility index (Phi) is 7.61. The van der Waals surface area contributed by atoms with Crippen LogP contribution in [0.4, 0.5) is 13.2 Å². The summed E-state index contributed by atoms with van der Waals surface area (Å²) in [7, 11) is -3.72. The van der Waals surface area contributed by atoms with Crippen LogP contribution < -0.4 is 5.14 Å². The molecule has 0 saturated heterocycles. The zero-order valence-electron chi connectivity index (χ0n) is 16.8. The molecule has 0 aliphatic carbocycles. The van der Waals surface area contributed by atoms with Crippen molar-refractivity contribution in [3.05, 3.63) is 58.7 Å². The second-order valence-electron chi connectivity index (χ2n) is 7.39. The fourth-order valence-electron chi connectivity index (χ4n) is 3.20. The van der Waals surface area contributed by atoms with Gasteiger partial charge in [0.25, 0.3) is 0 Å². The molecule has 30 heavy (non-hydrogen) atoms. The highest BCUT2D eigenvalue weighted by Crippen LogP contribution is 2.38. The molecule has 0 aliphatic rings. The number of nitrogens with zero attached hydrogens (tertiary/aromatic N) is 1. The second-order valence-corrected chi connectivity index (χ2v) is 10.2. The van der Waals surface area contributed by atoms with Crippen molar-refractivity contribution in [3.63, 3.8) is 0 Å². The van der Waals surface area contributed by atoms with Crippen molar-refractivity contribution in [1.82, 2.24) is 0 Å². The summed E-state index contributed by atoms with van der Waals surface area (Å²) in [4.78, 5) is 0.355. The van der Waals surface area contributed by atoms with Crippen LogP contribution in [0, 0.1) is 11.3 Å². The number of halogens is 3. The molecule has 2 aromatic rings. The van der Waals surface area contributed by atoms with Crippen molar-refractivity contribution >= 4 is 21.8 Å². The minimum atomic E-state index is -4.56. The third-order valence-electron chi connectivity index (χ3n) is 4.94. The maximum Gasteiger partial charge on any atom is 0.416 e. The largest absolute Gasteiger partial charge is 0.416 e. The van der Waals surface area contributed by atoms with Crippen molar-refractivity contribution < 1.29 is 21.6 Å². The third kappa shape index (κ3) is 5.56. The number of nitriles is 1. The molecule has 0 radical (unpaired) electrons. The lowest BCUT2D eigenvalue weighted by atomic mass is 9.93. The zero-order valence-corrected chi connectivity index (χ0v) is 18.5. The summed E-state index contributed by atoms with van der Waals surface area (Å²) in [5.74, 6) is -0.972. The lowest BCUT2D eigenvalue weighted by Crippen LogP contribution is -2.14. The predicted molar refractivity (Wildman–Crippen MR) is 112 cm³/mol. The maximum atomic E-state index is 13.5. The van der Waals surface area contributed by atoms with E-state index in [1.54, 1.807) is 6.92 Å². The number of sulfone groups is 1. The van der Waals surface area contributed by atoms with Crippen molar-refractivity contribution in [2.75, 3.05) is 5.75 Å². The molecule has 0 bridgehead atoms. The predicted octanol–water partition coefficient (Wildman–Crippen LogP) is 5.63. The van der Waals surface area contributed by atoms with Gasteiger partial charge in [0, 0.05) is 4.90 Å². The minimum absolute atomic E-state index is 0.0253. The molecule has 9 heteroatoms. The molecule has 0 heterocycles. The van der Waals surface area contributed by atoms with E-state index in [-0.39, 0.29) is 33.4 Å². The normalized spacial score (nSPS) is 13.3. The third-order valence-corrected chi connectivity index (χ3v) is 7.21. The van der Waals surface area contributed by atoms with Crippen LogP contribution >= 0.6 is 11.9 Å². The van der Waals surface area contributed by atoms with Crippen LogP contribution in [0.5, 0.6) is 0 Å². The molecule has 0 amide bonds. The number of nitrogens with two attached hydrogens (primary N) is 1. The van der Waals surface area contributed by atoms with Gasteiger partial charge in [-0.3, -0.25) is 5.14 Å². The molecule has 4 nitrogen and oxygen atoms in total. The Hall–Kier alpha value is -2.02. The van der Waals surface area contributed by atoms with E-state index in [9.17, 15) is 26.9 Å². The Labute approximate surface area is 179 Å². The molecule has 1 atom stereocenters. The van der Waals surface area contributed by atoms with Gasteiger partial charge in [-0.25, -0.2) is 8.42 Å². The summed E-state index contributed by atoms with van der Waals surface area (Å²) in [6.07, 6.45) is -4.54. The molecule has 0 unspecified atom stereocenters. The van der Waals surface area contributed by atoms with Crippen LogP contribution in [0.2, 0.25) is 0 Å². The van der Waals surface area contributed by atoms with Gasteiger partial charge < -0.3 is 0 Å². The smallest absolute Gasteiger partial charge is 0.274 e. The number of benzene rings is 2. The molecule has 0 saturated carbocycles. The van der Waals surface area contributed by atoms with Gasteiger partial charge in [-0.15, -0.1) is 0 Å². The number of hydrogen-bond donors (Lipinski definition) is 1. The summed E-state index contributed by atoms with van der Waals surface area (Å²) >= 11 is 0.722. The average molecular weight is 457 g/mol. The van der Waals surface area contributed by atoms with E-state index in [1.165, 1.54) is 30.3 Å². The standard InChI is InChI=1S/C21H23F3N2O2S2/c1-13(2)19-11-17(6-4-15(19)12-25)30(27,28)9-8-14(3)18-7-5-16(29-26)10-20(18)21(22,23)24/h4-7,10-11,13-14H,8-9,26H2,1-3H3/t14-/m0/s1. The summed E-state index contributed by atoms with van der Waals surface area (Å²) in [5, 5.41) is 14.6. The van der Waals surface area contributed by atoms with Gasteiger partial charge in [-0.05, 0) is 71.7 Å². The first-order chi connectivity index (χ1) is 13.9. The SMILES string of the molecule is CC(C)c1cc(S(=O)(=O)CC[C@H](C)c2ccc(SN)cc2C(F)(F)F)ccc1C#N. The fraction of sp³-hybridized carbons (Fsp3) is 0.381. The molecule has 0 aromatic heterocycles. The lowest BCUT2D eigenvalue weighted by molar-refractivity contribution is -0.138. The Morgan fingerprint density at radius 2 is 1.77 bits per heavy atom. The molecular weight excluding hydrogens is 433 g/mol. The first-order valence-electron chi connectivity index (χ1n) is 9.25. The molecule has 162 valence electrons. The van der Waals surface area contributed by atoms with Crippen molar-refractivity contribution in [1.29, 1.82) is 5.26 Å².